The van der Waals surface area contributed by atoms with Gasteiger partial charge in [-0.25, -0.2) is 0 Å². The van der Waals surface area contributed by atoms with Crippen molar-refractivity contribution >= 4 is 29.4 Å². The van der Waals surface area contributed by atoms with Gasteiger partial charge in [0.1, 0.15) is 6.04 Å². The zero-order chi connectivity index (χ0) is 21.7. The van der Waals surface area contributed by atoms with E-state index in [0.29, 0.717) is 17.7 Å². The summed E-state index contributed by atoms with van der Waals surface area (Å²) >= 11 is 0. The van der Waals surface area contributed by atoms with Crippen molar-refractivity contribution in [3.63, 3.8) is 0 Å². The Kier molecular flexibility index (Phi) is 4.58. The second-order valence-corrected chi connectivity index (χ2v) is 7.96. The van der Waals surface area contributed by atoms with Gasteiger partial charge >= 0.3 is 0 Å². The van der Waals surface area contributed by atoms with Gasteiger partial charge in [0.15, 0.2) is 5.82 Å². The van der Waals surface area contributed by atoms with Crippen LogP contribution < -0.4 is 16.0 Å². The molecule has 31 heavy (non-hydrogen) atoms. The van der Waals surface area contributed by atoms with E-state index in [0.717, 1.165) is 35.8 Å². The highest BCUT2D eigenvalue weighted by atomic mass is 16.2. The number of nitrogens with zero attached hydrogens (tertiary/aromatic N) is 3. The predicted molar refractivity (Wildman–Crippen MR) is 109 cm³/mol. The van der Waals surface area contributed by atoms with Gasteiger partial charge in [0.05, 0.1) is 11.1 Å². The molecule has 0 saturated carbocycles. The van der Waals surface area contributed by atoms with Gasteiger partial charge in [-0.05, 0) is 18.1 Å². The van der Waals surface area contributed by atoms with Crippen LogP contribution in [0.25, 0.3) is 0 Å². The zero-order valence-electron chi connectivity index (χ0n) is 17.0. The molecule has 10 nitrogen and oxygen atoms in total. The second kappa shape index (κ2) is 7.31. The molecule has 4 amide bonds. The summed E-state index contributed by atoms with van der Waals surface area (Å²) in [4.78, 5) is 50.8. The Balaban J connectivity index is 1.41. The van der Waals surface area contributed by atoms with Gasteiger partial charge in [0.25, 0.3) is 11.8 Å². The average Bonchev–Trinajstić information content (AvgIpc) is 3.21. The van der Waals surface area contributed by atoms with Gasteiger partial charge in [-0.2, -0.15) is 5.10 Å². The number of piperidine rings is 1. The number of aromatic nitrogens is 2. The SMILES string of the molecule is Cn1nc(NCc2cccc3c2C(=O)N(C2CCC(=O)NC2=O)C3=O)c2c1CCNC2. The Morgan fingerprint density at radius 2 is 2.00 bits per heavy atom. The first kappa shape index (κ1) is 19.4. The number of imide groups is 2. The summed E-state index contributed by atoms with van der Waals surface area (Å²) in [5, 5.41) is 13.4. The minimum atomic E-state index is -0.972. The van der Waals surface area contributed by atoms with Gasteiger partial charge in [-0.3, -0.25) is 34.1 Å². The van der Waals surface area contributed by atoms with E-state index in [4.69, 9.17) is 0 Å². The Bertz CT molecular complexity index is 1140. The van der Waals surface area contributed by atoms with Crippen LogP contribution in [0.4, 0.5) is 5.82 Å². The standard InChI is InChI=1S/C21H22N6O4/c1-26-14-7-8-22-10-13(14)18(25-26)23-9-11-3-2-4-12-17(11)21(31)27(20(12)30)15-5-6-16(28)24-19(15)29/h2-4,15,22H,5-10H2,1H3,(H,23,25)(H,24,28,29). The smallest absolute Gasteiger partial charge is 0.262 e. The van der Waals surface area contributed by atoms with Crippen LogP contribution in [0, 0.1) is 0 Å². The van der Waals surface area contributed by atoms with E-state index in [1.54, 1.807) is 18.2 Å². The van der Waals surface area contributed by atoms with E-state index in [2.05, 4.69) is 21.0 Å². The van der Waals surface area contributed by atoms with Crippen LogP contribution in [-0.2, 0) is 36.1 Å². The van der Waals surface area contributed by atoms with Crippen LogP contribution in [-0.4, -0.2) is 50.9 Å². The number of carbonyl (C=O) groups excluding carboxylic acids is 4. The predicted octanol–water partition coefficient (Wildman–Crippen LogP) is 0.0791. The molecule has 0 aliphatic carbocycles. The highest BCUT2D eigenvalue weighted by Crippen LogP contribution is 2.31. The molecule has 0 radical (unpaired) electrons. The van der Waals surface area contributed by atoms with Crippen molar-refractivity contribution in [2.75, 3.05) is 11.9 Å². The number of benzene rings is 1. The molecule has 1 aromatic heterocycles. The Labute approximate surface area is 178 Å². The van der Waals surface area contributed by atoms with E-state index in [1.807, 2.05) is 11.7 Å². The maximum Gasteiger partial charge on any atom is 0.262 e. The molecule has 1 aromatic carbocycles. The largest absolute Gasteiger partial charge is 0.364 e. The molecule has 3 N–H and O–H groups in total. The summed E-state index contributed by atoms with van der Waals surface area (Å²) < 4.78 is 1.87. The second-order valence-electron chi connectivity index (χ2n) is 7.96. The summed E-state index contributed by atoms with van der Waals surface area (Å²) in [7, 11) is 1.91. The van der Waals surface area contributed by atoms with Crippen molar-refractivity contribution in [2.45, 2.75) is 38.4 Å². The Morgan fingerprint density at radius 3 is 2.81 bits per heavy atom. The molecule has 1 fully saturated rings. The van der Waals surface area contributed by atoms with Crippen LogP contribution in [0.3, 0.4) is 0 Å². The minimum absolute atomic E-state index is 0.0943. The number of rotatable bonds is 4. The first-order valence-electron chi connectivity index (χ1n) is 10.3. The first-order valence-corrected chi connectivity index (χ1v) is 10.3. The van der Waals surface area contributed by atoms with Crippen LogP contribution in [0.15, 0.2) is 18.2 Å². The fourth-order valence-corrected chi connectivity index (χ4v) is 4.57. The summed E-state index contributed by atoms with van der Waals surface area (Å²) in [5.74, 6) is -1.26. The number of carbonyl (C=O) groups is 4. The van der Waals surface area contributed by atoms with Gasteiger partial charge in [-0.15, -0.1) is 0 Å². The van der Waals surface area contributed by atoms with Crippen LogP contribution in [0.5, 0.6) is 0 Å². The number of aryl methyl sites for hydroxylation is 1. The quantitative estimate of drug-likeness (QED) is 0.596. The van der Waals surface area contributed by atoms with E-state index in [-0.39, 0.29) is 18.4 Å². The number of amides is 4. The molecule has 2 aromatic rings. The van der Waals surface area contributed by atoms with Crippen molar-refractivity contribution in [2.24, 2.45) is 7.05 Å². The molecular weight excluding hydrogens is 400 g/mol. The van der Waals surface area contributed by atoms with Crippen LogP contribution in [0.1, 0.15) is 50.4 Å². The van der Waals surface area contributed by atoms with Crippen molar-refractivity contribution in [3.05, 3.63) is 46.1 Å². The zero-order valence-corrected chi connectivity index (χ0v) is 17.0. The molecule has 5 rings (SSSR count). The molecule has 4 heterocycles. The van der Waals surface area contributed by atoms with Crippen LogP contribution in [0.2, 0.25) is 0 Å². The number of nitrogens with one attached hydrogen (secondary N) is 3. The molecule has 3 aliphatic heterocycles. The van der Waals surface area contributed by atoms with E-state index >= 15 is 0 Å². The third-order valence-corrected chi connectivity index (χ3v) is 6.12. The van der Waals surface area contributed by atoms with Crippen LogP contribution >= 0.6 is 0 Å². The van der Waals surface area contributed by atoms with Crippen molar-refractivity contribution in [1.29, 1.82) is 0 Å². The normalized spacial score (nSPS) is 20.5. The number of hydrogen-bond donors (Lipinski definition) is 3. The lowest BCUT2D eigenvalue weighted by Crippen LogP contribution is -2.54. The van der Waals surface area contributed by atoms with Crippen molar-refractivity contribution in [1.82, 2.24) is 25.3 Å². The average molecular weight is 422 g/mol. The highest BCUT2D eigenvalue weighted by Gasteiger charge is 2.45. The lowest BCUT2D eigenvalue weighted by atomic mass is 10.0. The lowest BCUT2D eigenvalue weighted by molar-refractivity contribution is -0.136. The fourth-order valence-electron chi connectivity index (χ4n) is 4.57. The third kappa shape index (κ3) is 3.10. The molecule has 1 saturated heterocycles. The maximum absolute atomic E-state index is 13.2. The fraction of sp³-hybridized carbons (Fsp3) is 0.381. The van der Waals surface area contributed by atoms with Crippen molar-refractivity contribution < 1.29 is 19.2 Å². The summed E-state index contributed by atoms with van der Waals surface area (Å²) in [6.45, 7) is 1.94. The minimum Gasteiger partial charge on any atom is -0.364 e. The summed E-state index contributed by atoms with van der Waals surface area (Å²) in [6, 6.07) is 4.14. The number of hydrogen-bond acceptors (Lipinski definition) is 7. The monoisotopic (exact) mass is 422 g/mol. The number of fused-ring (bicyclic) bond motifs is 2. The van der Waals surface area contributed by atoms with E-state index < -0.39 is 29.7 Å². The summed E-state index contributed by atoms with van der Waals surface area (Å²) in [6.07, 6.45) is 1.13. The van der Waals surface area contributed by atoms with Gasteiger partial charge in [-0.1, -0.05) is 12.1 Å². The van der Waals surface area contributed by atoms with Gasteiger partial charge in [0.2, 0.25) is 11.8 Å². The Hall–Kier alpha value is -3.53. The van der Waals surface area contributed by atoms with E-state index in [1.165, 1.54) is 5.69 Å². The molecule has 160 valence electrons. The third-order valence-electron chi connectivity index (χ3n) is 6.12. The topological polar surface area (TPSA) is 125 Å². The molecule has 10 heteroatoms. The van der Waals surface area contributed by atoms with Gasteiger partial charge < -0.3 is 10.6 Å². The molecular formula is C21H22N6O4. The Morgan fingerprint density at radius 1 is 1.16 bits per heavy atom. The molecule has 3 aliphatic rings. The highest BCUT2D eigenvalue weighted by molar-refractivity contribution is 6.24. The lowest BCUT2D eigenvalue weighted by Gasteiger charge is -2.27. The van der Waals surface area contributed by atoms with E-state index in [9.17, 15) is 19.2 Å². The van der Waals surface area contributed by atoms with Crippen molar-refractivity contribution in [3.8, 4) is 0 Å². The first-order chi connectivity index (χ1) is 15.0. The maximum atomic E-state index is 13.2. The molecule has 1 unspecified atom stereocenters. The number of anilines is 1. The molecule has 0 spiro atoms. The molecule has 0 bridgehead atoms. The van der Waals surface area contributed by atoms with Gasteiger partial charge in [0, 0.05) is 50.8 Å². The summed E-state index contributed by atoms with van der Waals surface area (Å²) in [5.41, 5.74) is 3.52. The molecule has 1 atom stereocenters.